The summed E-state index contributed by atoms with van der Waals surface area (Å²) in [5.74, 6) is -1.09. The Balaban J connectivity index is 1.62. The van der Waals surface area contributed by atoms with Crippen molar-refractivity contribution in [3.05, 3.63) is 28.2 Å². The van der Waals surface area contributed by atoms with Gasteiger partial charge in [0, 0.05) is 37.6 Å². The Labute approximate surface area is 189 Å². The van der Waals surface area contributed by atoms with Crippen molar-refractivity contribution >= 4 is 58.5 Å². The van der Waals surface area contributed by atoms with Crippen LogP contribution >= 0.6 is 35.0 Å². The molecule has 0 saturated carbocycles. The largest absolute Gasteiger partial charge is 0.467 e. The lowest BCUT2D eigenvalue weighted by Gasteiger charge is -2.37. The van der Waals surface area contributed by atoms with E-state index in [0.717, 1.165) is 5.69 Å². The smallest absolute Gasteiger partial charge is 0.339 e. The third-order valence-electron chi connectivity index (χ3n) is 5.16. The summed E-state index contributed by atoms with van der Waals surface area (Å²) in [6.45, 7) is 2.83. The second-order valence-electron chi connectivity index (χ2n) is 6.91. The zero-order valence-corrected chi connectivity index (χ0v) is 19.0. The maximum absolute atomic E-state index is 13.0. The summed E-state index contributed by atoms with van der Waals surface area (Å²) in [7, 11) is 2.53. The maximum Gasteiger partial charge on any atom is 0.339 e. The van der Waals surface area contributed by atoms with E-state index in [1.54, 1.807) is 6.07 Å². The summed E-state index contributed by atoms with van der Waals surface area (Å²) < 4.78 is 9.61. The minimum Gasteiger partial charge on any atom is -0.467 e. The van der Waals surface area contributed by atoms with Gasteiger partial charge < -0.3 is 19.3 Å². The SMILES string of the molecule is COC(=O)[C@@H]1CS[C@@H](C(=O)OC)N1C(=O)CN1CCN(c2ccc(Cl)c(Cl)c2)CC1. The molecule has 2 aliphatic heterocycles. The number of nitrogens with zero attached hydrogens (tertiary/aromatic N) is 3. The summed E-state index contributed by atoms with van der Waals surface area (Å²) in [5, 5.41) is 0.165. The molecule has 11 heteroatoms. The predicted molar refractivity (Wildman–Crippen MR) is 116 cm³/mol. The molecule has 0 aromatic heterocycles. The van der Waals surface area contributed by atoms with Crippen molar-refractivity contribution < 1.29 is 23.9 Å². The molecule has 2 heterocycles. The summed E-state index contributed by atoms with van der Waals surface area (Å²) in [6.07, 6.45) is 0. The molecule has 8 nitrogen and oxygen atoms in total. The van der Waals surface area contributed by atoms with Gasteiger partial charge in [0.15, 0.2) is 5.37 Å². The van der Waals surface area contributed by atoms with E-state index in [1.807, 2.05) is 17.0 Å². The molecule has 2 saturated heterocycles. The molecule has 0 aliphatic carbocycles. The van der Waals surface area contributed by atoms with Gasteiger partial charge in [0.05, 0.1) is 30.8 Å². The highest BCUT2D eigenvalue weighted by Crippen LogP contribution is 2.31. The molecule has 1 aromatic rings. The number of halogens is 2. The lowest BCUT2D eigenvalue weighted by atomic mass is 10.2. The number of piperazine rings is 1. The second-order valence-corrected chi connectivity index (χ2v) is 8.84. The summed E-state index contributed by atoms with van der Waals surface area (Å²) in [6, 6.07) is 4.71. The number of amides is 1. The number of carbonyl (C=O) groups is 3. The van der Waals surface area contributed by atoms with E-state index in [0.29, 0.717) is 42.0 Å². The summed E-state index contributed by atoms with van der Waals surface area (Å²) >= 11 is 13.3. The number of anilines is 1. The molecule has 0 unspecified atom stereocenters. The van der Waals surface area contributed by atoms with E-state index in [9.17, 15) is 14.4 Å². The second kappa shape index (κ2) is 10.1. The highest BCUT2D eigenvalue weighted by molar-refractivity contribution is 8.00. The van der Waals surface area contributed by atoms with Crippen LogP contribution in [0.1, 0.15) is 0 Å². The summed E-state index contributed by atoms with van der Waals surface area (Å²) in [5.41, 5.74) is 0.975. The fraction of sp³-hybridized carbons (Fsp3) is 0.526. The first-order valence-electron chi connectivity index (χ1n) is 9.36. The van der Waals surface area contributed by atoms with Crippen molar-refractivity contribution in [3.8, 4) is 0 Å². The van der Waals surface area contributed by atoms with Crippen molar-refractivity contribution in [3.63, 3.8) is 0 Å². The van der Waals surface area contributed by atoms with Crippen molar-refractivity contribution in [1.82, 2.24) is 9.80 Å². The Morgan fingerprint density at radius 1 is 1.03 bits per heavy atom. The Bertz CT molecular complexity index is 795. The summed E-state index contributed by atoms with van der Waals surface area (Å²) in [4.78, 5) is 42.7. The lowest BCUT2D eigenvalue weighted by Crippen LogP contribution is -2.54. The van der Waals surface area contributed by atoms with Gasteiger partial charge in [-0.15, -0.1) is 11.8 Å². The minimum atomic E-state index is -0.843. The molecule has 0 N–H and O–H groups in total. The minimum absolute atomic E-state index is 0.108. The number of methoxy groups -OCH3 is 2. The van der Waals surface area contributed by atoms with Gasteiger partial charge in [0.1, 0.15) is 6.04 Å². The van der Waals surface area contributed by atoms with E-state index in [2.05, 4.69) is 4.90 Å². The molecule has 1 aromatic carbocycles. The molecule has 3 rings (SSSR count). The average molecular weight is 476 g/mol. The van der Waals surface area contributed by atoms with Crippen LogP contribution in [-0.2, 0) is 23.9 Å². The van der Waals surface area contributed by atoms with Gasteiger partial charge in [-0.3, -0.25) is 9.69 Å². The Morgan fingerprint density at radius 3 is 2.30 bits per heavy atom. The van der Waals surface area contributed by atoms with Crippen LogP contribution in [0.25, 0.3) is 0 Å². The van der Waals surface area contributed by atoms with E-state index >= 15 is 0 Å². The van der Waals surface area contributed by atoms with Gasteiger partial charge in [0.25, 0.3) is 0 Å². The van der Waals surface area contributed by atoms with Crippen LogP contribution in [0, 0.1) is 0 Å². The Morgan fingerprint density at radius 2 is 1.70 bits per heavy atom. The number of hydrogen-bond donors (Lipinski definition) is 0. The number of thioether (sulfide) groups is 1. The molecular formula is C19H23Cl2N3O5S. The molecule has 1 amide bonds. The fourth-order valence-electron chi connectivity index (χ4n) is 3.53. The average Bonchev–Trinajstić information content (AvgIpc) is 3.20. The van der Waals surface area contributed by atoms with Crippen LogP contribution in [0.15, 0.2) is 18.2 Å². The topological polar surface area (TPSA) is 79.4 Å². The molecule has 30 heavy (non-hydrogen) atoms. The van der Waals surface area contributed by atoms with Crippen LogP contribution in [0.4, 0.5) is 5.69 Å². The lowest BCUT2D eigenvalue weighted by molar-refractivity contribution is -0.157. The van der Waals surface area contributed by atoms with Crippen LogP contribution in [0.3, 0.4) is 0 Å². The van der Waals surface area contributed by atoms with Gasteiger partial charge in [-0.05, 0) is 18.2 Å². The van der Waals surface area contributed by atoms with Gasteiger partial charge >= 0.3 is 11.9 Å². The number of ether oxygens (including phenoxy) is 2. The third-order valence-corrected chi connectivity index (χ3v) is 7.15. The van der Waals surface area contributed by atoms with Gasteiger partial charge in [-0.1, -0.05) is 23.2 Å². The van der Waals surface area contributed by atoms with Crippen molar-refractivity contribution in [1.29, 1.82) is 0 Å². The zero-order chi connectivity index (χ0) is 21.8. The number of carbonyl (C=O) groups excluding carboxylic acids is 3. The van der Waals surface area contributed by atoms with Gasteiger partial charge in [-0.2, -0.15) is 0 Å². The molecule has 2 atom stereocenters. The Hall–Kier alpha value is -1.68. The highest BCUT2D eigenvalue weighted by atomic mass is 35.5. The van der Waals surface area contributed by atoms with E-state index < -0.39 is 23.4 Å². The maximum atomic E-state index is 13.0. The fourth-order valence-corrected chi connectivity index (χ4v) is 5.14. The van der Waals surface area contributed by atoms with Crippen molar-refractivity contribution in [2.45, 2.75) is 11.4 Å². The van der Waals surface area contributed by atoms with E-state index in [4.69, 9.17) is 32.7 Å². The van der Waals surface area contributed by atoms with Crippen LogP contribution in [0.2, 0.25) is 10.0 Å². The number of hydrogen-bond acceptors (Lipinski definition) is 8. The number of rotatable bonds is 5. The molecular weight excluding hydrogens is 453 g/mol. The van der Waals surface area contributed by atoms with E-state index in [1.165, 1.54) is 30.9 Å². The van der Waals surface area contributed by atoms with E-state index in [-0.39, 0.29) is 12.5 Å². The molecule has 164 valence electrons. The first-order chi connectivity index (χ1) is 14.3. The molecule has 0 spiro atoms. The normalized spacial score (nSPS) is 22.1. The van der Waals surface area contributed by atoms with Gasteiger partial charge in [-0.25, -0.2) is 9.59 Å². The standard InChI is InChI=1S/C19H23Cl2N3O5S/c1-28-18(26)15-11-30-17(19(27)29-2)24(15)16(25)10-22-5-7-23(8-6-22)12-3-4-13(20)14(21)9-12/h3-4,9,15,17H,5-8,10-11H2,1-2H3/t15-,17-/m0/s1. The first-order valence-corrected chi connectivity index (χ1v) is 11.2. The van der Waals surface area contributed by atoms with Crippen molar-refractivity contribution in [2.24, 2.45) is 0 Å². The Kier molecular flexibility index (Phi) is 7.73. The van der Waals surface area contributed by atoms with Gasteiger partial charge in [0.2, 0.25) is 5.91 Å². The number of esters is 2. The molecule has 0 bridgehead atoms. The molecule has 2 fully saturated rings. The molecule has 2 aliphatic rings. The first kappa shape index (κ1) is 23.0. The monoisotopic (exact) mass is 475 g/mol. The number of benzene rings is 1. The quantitative estimate of drug-likeness (QED) is 0.595. The van der Waals surface area contributed by atoms with Crippen LogP contribution in [0.5, 0.6) is 0 Å². The van der Waals surface area contributed by atoms with Crippen LogP contribution in [-0.4, -0.2) is 91.8 Å². The zero-order valence-electron chi connectivity index (χ0n) is 16.7. The highest BCUT2D eigenvalue weighted by Gasteiger charge is 2.46. The van der Waals surface area contributed by atoms with Crippen molar-refractivity contribution in [2.75, 3.05) is 57.6 Å². The molecule has 0 radical (unpaired) electrons. The predicted octanol–water partition coefficient (Wildman–Crippen LogP) is 1.73. The third kappa shape index (κ3) is 4.96. The van der Waals surface area contributed by atoms with Crippen LogP contribution < -0.4 is 4.90 Å².